The maximum atomic E-state index is 5.75. The molecule has 0 atom stereocenters. The second-order valence-electron chi connectivity index (χ2n) is 4.63. The second kappa shape index (κ2) is 6.70. The molecule has 1 aromatic carbocycles. The van der Waals surface area contributed by atoms with Crippen molar-refractivity contribution in [2.45, 2.75) is 12.3 Å². The van der Waals surface area contributed by atoms with E-state index in [0.29, 0.717) is 5.88 Å². The zero-order valence-electron chi connectivity index (χ0n) is 11.3. The zero-order chi connectivity index (χ0) is 14.5. The summed E-state index contributed by atoms with van der Waals surface area (Å²) in [5.41, 5.74) is 4.46. The first kappa shape index (κ1) is 14.0. The minimum atomic E-state index is 0.447. The van der Waals surface area contributed by atoms with Crippen molar-refractivity contribution in [3.05, 3.63) is 71.0 Å². The molecule has 3 nitrogen and oxygen atoms in total. The molecule has 3 rings (SSSR count). The number of thiazole rings is 1. The number of halogens is 1. The Labute approximate surface area is 132 Å². The molecule has 106 valence electrons. The molecule has 0 radical (unpaired) electrons. The summed E-state index contributed by atoms with van der Waals surface area (Å²) in [7, 11) is 0. The van der Waals surface area contributed by atoms with Crippen LogP contribution in [0.2, 0.25) is 0 Å². The smallest absolute Gasteiger partial charge is 0.187 e. The fourth-order valence-corrected chi connectivity index (χ4v) is 2.95. The Balaban J connectivity index is 1.66. The predicted octanol–water partition coefficient (Wildman–Crippen LogP) is 4.61. The Bertz CT molecular complexity index is 695. The highest BCUT2D eigenvalue weighted by molar-refractivity contribution is 7.13. The molecule has 0 fully saturated rings. The number of nitrogens with zero attached hydrogens (tertiary/aromatic N) is 2. The second-order valence-corrected chi connectivity index (χ2v) is 5.76. The molecule has 0 aliphatic rings. The Kier molecular flexibility index (Phi) is 4.48. The molecule has 0 aliphatic carbocycles. The van der Waals surface area contributed by atoms with Gasteiger partial charge in [-0.15, -0.1) is 22.9 Å². The van der Waals surface area contributed by atoms with Crippen LogP contribution in [0, 0.1) is 0 Å². The standard InChI is InChI=1S/C16H14ClN3S/c17-10-15-11-21-16(20-15)19-14-3-1-12(2-4-14)9-13-5-7-18-8-6-13/h1-8,11H,9-10H2,(H,19,20). The van der Waals surface area contributed by atoms with E-state index in [1.54, 1.807) is 11.3 Å². The first-order chi connectivity index (χ1) is 10.3. The van der Waals surface area contributed by atoms with E-state index in [4.69, 9.17) is 11.6 Å². The van der Waals surface area contributed by atoms with Crippen LogP contribution in [0.1, 0.15) is 16.8 Å². The van der Waals surface area contributed by atoms with Crippen molar-refractivity contribution in [3.8, 4) is 0 Å². The van der Waals surface area contributed by atoms with Crippen molar-refractivity contribution in [1.82, 2.24) is 9.97 Å². The lowest BCUT2D eigenvalue weighted by molar-refractivity contribution is 1.16. The lowest BCUT2D eigenvalue weighted by atomic mass is 10.1. The van der Waals surface area contributed by atoms with Crippen LogP contribution < -0.4 is 5.32 Å². The van der Waals surface area contributed by atoms with E-state index >= 15 is 0 Å². The number of hydrogen-bond acceptors (Lipinski definition) is 4. The van der Waals surface area contributed by atoms with Crippen LogP contribution in [-0.2, 0) is 12.3 Å². The van der Waals surface area contributed by atoms with Gasteiger partial charge in [-0.2, -0.15) is 0 Å². The minimum Gasteiger partial charge on any atom is -0.332 e. The highest BCUT2D eigenvalue weighted by atomic mass is 35.5. The fourth-order valence-electron chi connectivity index (χ4n) is 1.99. The van der Waals surface area contributed by atoms with Crippen LogP contribution in [0.5, 0.6) is 0 Å². The molecule has 0 amide bonds. The molecule has 0 bridgehead atoms. The predicted molar refractivity (Wildman–Crippen MR) is 88.4 cm³/mol. The van der Waals surface area contributed by atoms with E-state index < -0.39 is 0 Å². The summed E-state index contributed by atoms with van der Waals surface area (Å²) >= 11 is 7.32. The van der Waals surface area contributed by atoms with E-state index in [2.05, 4.69) is 39.6 Å². The van der Waals surface area contributed by atoms with Crippen LogP contribution in [0.4, 0.5) is 10.8 Å². The summed E-state index contributed by atoms with van der Waals surface area (Å²) in [5.74, 6) is 0.447. The van der Waals surface area contributed by atoms with Crippen molar-refractivity contribution in [3.63, 3.8) is 0 Å². The summed E-state index contributed by atoms with van der Waals surface area (Å²) in [5, 5.41) is 6.12. The third-order valence-corrected chi connectivity index (χ3v) is 4.13. The molecule has 21 heavy (non-hydrogen) atoms. The van der Waals surface area contributed by atoms with E-state index in [1.165, 1.54) is 11.1 Å². The van der Waals surface area contributed by atoms with Gasteiger partial charge >= 0.3 is 0 Å². The third kappa shape index (κ3) is 3.80. The molecule has 0 aliphatic heterocycles. The van der Waals surface area contributed by atoms with Crippen LogP contribution in [0.25, 0.3) is 0 Å². The lowest BCUT2D eigenvalue weighted by Gasteiger charge is -2.05. The quantitative estimate of drug-likeness (QED) is 0.699. The van der Waals surface area contributed by atoms with Crippen molar-refractivity contribution < 1.29 is 0 Å². The summed E-state index contributed by atoms with van der Waals surface area (Å²) < 4.78 is 0. The Morgan fingerprint density at radius 3 is 2.38 bits per heavy atom. The number of anilines is 2. The van der Waals surface area contributed by atoms with Gasteiger partial charge in [0, 0.05) is 23.5 Å². The molecule has 0 saturated carbocycles. The molecule has 0 spiro atoms. The Morgan fingerprint density at radius 2 is 1.71 bits per heavy atom. The van der Waals surface area contributed by atoms with Crippen molar-refractivity contribution in [2.75, 3.05) is 5.32 Å². The number of pyridine rings is 1. The van der Waals surface area contributed by atoms with E-state index in [1.807, 2.05) is 29.9 Å². The maximum absolute atomic E-state index is 5.75. The molecule has 3 aromatic rings. The average Bonchev–Trinajstić information content (AvgIpc) is 2.98. The van der Waals surface area contributed by atoms with Gasteiger partial charge in [-0.1, -0.05) is 12.1 Å². The van der Waals surface area contributed by atoms with Gasteiger partial charge in [0.1, 0.15) is 0 Å². The van der Waals surface area contributed by atoms with Crippen molar-refractivity contribution in [1.29, 1.82) is 0 Å². The summed E-state index contributed by atoms with van der Waals surface area (Å²) in [6, 6.07) is 12.5. The average molecular weight is 316 g/mol. The SMILES string of the molecule is ClCc1csc(Nc2ccc(Cc3ccncc3)cc2)n1. The van der Waals surface area contributed by atoms with Gasteiger partial charge in [0.25, 0.3) is 0 Å². The maximum Gasteiger partial charge on any atom is 0.187 e. The number of hydrogen-bond donors (Lipinski definition) is 1. The Hall–Kier alpha value is -1.91. The molecule has 0 unspecified atom stereocenters. The molecule has 5 heteroatoms. The van der Waals surface area contributed by atoms with E-state index in [-0.39, 0.29) is 0 Å². The molecular formula is C16H14ClN3S. The highest BCUT2D eigenvalue weighted by Gasteiger charge is 2.02. The topological polar surface area (TPSA) is 37.8 Å². The monoisotopic (exact) mass is 315 g/mol. The number of benzene rings is 1. The van der Waals surface area contributed by atoms with Gasteiger partial charge in [-0.05, 0) is 41.8 Å². The zero-order valence-corrected chi connectivity index (χ0v) is 12.9. The molecule has 1 N–H and O–H groups in total. The molecule has 2 aromatic heterocycles. The Morgan fingerprint density at radius 1 is 1.00 bits per heavy atom. The van der Waals surface area contributed by atoms with Crippen LogP contribution in [-0.4, -0.2) is 9.97 Å². The largest absolute Gasteiger partial charge is 0.332 e. The minimum absolute atomic E-state index is 0.447. The van der Waals surface area contributed by atoms with Crippen LogP contribution >= 0.6 is 22.9 Å². The van der Waals surface area contributed by atoms with Crippen molar-refractivity contribution in [2.24, 2.45) is 0 Å². The molecule has 2 heterocycles. The highest BCUT2D eigenvalue weighted by Crippen LogP contribution is 2.22. The first-order valence-corrected chi connectivity index (χ1v) is 8.00. The van der Waals surface area contributed by atoms with Gasteiger partial charge in [-0.25, -0.2) is 4.98 Å². The number of rotatable bonds is 5. The van der Waals surface area contributed by atoms with Gasteiger partial charge in [0.2, 0.25) is 0 Å². The van der Waals surface area contributed by atoms with E-state index in [0.717, 1.165) is 22.9 Å². The lowest BCUT2D eigenvalue weighted by Crippen LogP contribution is -1.92. The van der Waals surface area contributed by atoms with Crippen LogP contribution in [0.3, 0.4) is 0 Å². The van der Waals surface area contributed by atoms with Gasteiger partial charge < -0.3 is 5.32 Å². The normalized spacial score (nSPS) is 10.5. The summed E-state index contributed by atoms with van der Waals surface area (Å²) in [4.78, 5) is 8.41. The number of alkyl halides is 1. The van der Waals surface area contributed by atoms with Gasteiger partial charge in [-0.3, -0.25) is 4.98 Å². The fraction of sp³-hybridized carbons (Fsp3) is 0.125. The van der Waals surface area contributed by atoms with E-state index in [9.17, 15) is 0 Å². The van der Waals surface area contributed by atoms with Crippen LogP contribution in [0.15, 0.2) is 54.2 Å². The summed E-state index contributed by atoms with van der Waals surface area (Å²) in [6.45, 7) is 0. The van der Waals surface area contributed by atoms with Gasteiger partial charge in [0.15, 0.2) is 5.13 Å². The van der Waals surface area contributed by atoms with Crippen molar-refractivity contribution >= 4 is 33.8 Å². The first-order valence-electron chi connectivity index (χ1n) is 6.59. The number of nitrogens with one attached hydrogen (secondary N) is 1. The third-order valence-electron chi connectivity index (χ3n) is 3.05. The summed E-state index contributed by atoms with van der Waals surface area (Å²) in [6.07, 6.45) is 4.56. The molecular weight excluding hydrogens is 302 g/mol. The number of aromatic nitrogens is 2. The van der Waals surface area contributed by atoms with Gasteiger partial charge in [0.05, 0.1) is 11.6 Å². The molecule has 0 saturated heterocycles.